The van der Waals surface area contributed by atoms with Gasteiger partial charge >= 0.3 is 0 Å². The van der Waals surface area contributed by atoms with E-state index in [1.807, 2.05) is 6.07 Å². The lowest BCUT2D eigenvalue weighted by molar-refractivity contribution is 0.269. The Kier molecular flexibility index (Phi) is 5.41. The van der Waals surface area contributed by atoms with E-state index in [0.717, 1.165) is 25.7 Å². The van der Waals surface area contributed by atoms with E-state index >= 15 is 0 Å². The lowest BCUT2D eigenvalue weighted by Gasteiger charge is -2.32. The van der Waals surface area contributed by atoms with Crippen LogP contribution in [0, 0.1) is 0 Å². The molecule has 5 heteroatoms. The Morgan fingerprint density at radius 1 is 1.25 bits per heavy atom. The van der Waals surface area contributed by atoms with Crippen LogP contribution in [0.15, 0.2) is 46.3 Å². The topological polar surface area (TPSA) is 37.4 Å². The molecule has 1 aromatic rings. The molecule has 110 valence electrons. The minimum atomic E-state index is -3.48. The van der Waals surface area contributed by atoms with Gasteiger partial charge in [-0.2, -0.15) is 4.31 Å². The largest absolute Gasteiger partial charge is 0.244 e. The summed E-state index contributed by atoms with van der Waals surface area (Å²) in [5.74, 6) is 0. The first-order valence-electron chi connectivity index (χ1n) is 6.94. The van der Waals surface area contributed by atoms with Crippen LogP contribution in [0.1, 0.15) is 32.1 Å². The van der Waals surface area contributed by atoms with Gasteiger partial charge in [-0.1, -0.05) is 37.5 Å². The monoisotopic (exact) mass is 357 g/mol. The number of nitrogens with zero attached hydrogens (tertiary/aromatic N) is 1. The summed E-state index contributed by atoms with van der Waals surface area (Å²) < 4.78 is 28.0. The van der Waals surface area contributed by atoms with Crippen LogP contribution in [0.5, 0.6) is 0 Å². The van der Waals surface area contributed by atoms with E-state index in [9.17, 15) is 8.42 Å². The fourth-order valence-electron chi connectivity index (χ4n) is 2.72. The van der Waals surface area contributed by atoms with Crippen LogP contribution in [-0.2, 0) is 10.0 Å². The van der Waals surface area contributed by atoms with Gasteiger partial charge in [0.1, 0.15) is 0 Å². The van der Waals surface area contributed by atoms with Crippen molar-refractivity contribution in [2.45, 2.75) is 43.0 Å². The number of hydrogen-bond donors (Lipinski definition) is 0. The molecule has 20 heavy (non-hydrogen) atoms. The lowest BCUT2D eigenvalue weighted by Crippen LogP contribution is -2.41. The molecule has 0 amide bonds. The second-order valence-electron chi connectivity index (χ2n) is 5.09. The normalized spacial score (nSPS) is 17.3. The van der Waals surface area contributed by atoms with Crippen LogP contribution in [0.3, 0.4) is 0 Å². The van der Waals surface area contributed by atoms with Gasteiger partial charge < -0.3 is 0 Å². The second-order valence-corrected chi connectivity index (χ2v) is 7.80. The number of benzene rings is 1. The molecule has 1 aromatic carbocycles. The van der Waals surface area contributed by atoms with E-state index < -0.39 is 10.0 Å². The Labute approximate surface area is 129 Å². The zero-order chi connectivity index (χ0) is 14.6. The highest BCUT2D eigenvalue weighted by Gasteiger charge is 2.32. The molecule has 1 saturated carbocycles. The molecule has 0 spiro atoms. The van der Waals surface area contributed by atoms with Crippen LogP contribution in [-0.4, -0.2) is 25.3 Å². The molecule has 0 aliphatic heterocycles. The maximum absolute atomic E-state index is 12.9. The Morgan fingerprint density at radius 3 is 2.50 bits per heavy atom. The van der Waals surface area contributed by atoms with Crippen molar-refractivity contribution >= 4 is 26.0 Å². The first-order chi connectivity index (χ1) is 9.57. The summed E-state index contributed by atoms with van der Waals surface area (Å²) in [6.07, 6.45) is 6.96. The van der Waals surface area contributed by atoms with Gasteiger partial charge in [0.2, 0.25) is 10.0 Å². The summed E-state index contributed by atoms with van der Waals surface area (Å²) in [5, 5.41) is 0. The molecule has 1 aliphatic rings. The average Bonchev–Trinajstić information content (AvgIpc) is 2.45. The van der Waals surface area contributed by atoms with Gasteiger partial charge in [0.15, 0.2) is 0 Å². The van der Waals surface area contributed by atoms with E-state index in [-0.39, 0.29) is 6.04 Å². The Morgan fingerprint density at radius 2 is 1.90 bits per heavy atom. The van der Waals surface area contributed by atoms with Crippen LogP contribution in [0.4, 0.5) is 0 Å². The first-order valence-corrected chi connectivity index (χ1v) is 9.18. The molecule has 2 rings (SSSR count). The van der Waals surface area contributed by atoms with Crippen molar-refractivity contribution in [3.63, 3.8) is 0 Å². The van der Waals surface area contributed by atoms with Crippen LogP contribution >= 0.6 is 15.9 Å². The molecule has 0 atom stereocenters. The van der Waals surface area contributed by atoms with Gasteiger partial charge in [0, 0.05) is 17.1 Å². The Bertz CT molecular complexity index is 565. The quantitative estimate of drug-likeness (QED) is 0.748. The smallest absolute Gasteiger partial charge is 0.207 e. The number of rotatable bonds is 5. The summed E-state index contributed by atoms with van der Waals surface area (Å²) in [6.45, 7) is 4.08. The minimum Gasteiger partial charge on any atom is -0.207 e. The summed E-state index contributed by atoms with van der Waals surface area (Å²) in [6, 6.07) is 7.09. The van der Waals surface area contributed by atoms with Crippen molar-refractivity contribution < 1.29 is 8.42 Å². The number of sulfonamides is 1. The standard InChI is InChI=1S/C15H20BrNO2S/c1-2-12-17(13-8-4-3-5-9-13)20(18,19)15-11-7-6-10-14(15)16/h2,6-7,10-11,13H,1,3-5,8-9,12H2. The molecule has 1 fully saturated rings. The molecule has 0 unspecified atom stereocenters. The van der Waals surface area contributed by atoms with Crippen molar-refractivity contribution in [3.8, 4) is 0 Å². The molecule has 0 radical (unpaired) electrons. The third-order valence-corrected chi connectivity index (χ3v) is 6.64. The molecule has 1 aliphatic carbocycles. The van der Waals surface area contributed by atoms with Gasteiger partial charge in [-0.05, 0) is 40.9 Å². The summed E-state index contributed by atoms with van der Waals surface area (Å²) in [7, 11) is -3.48. The molecule has 0 N–H and O–H groups in total. The minimum absolute atomic E-state index is 0.0962. The summed E-state index contributed by atoms with van der Waals surface area (Å²) in [5.41, 5.74) is 0. The Balaban J connectivity index is 2.36. The van der Waals surface area contributed by atoms with E-state index in [1.54, 1.807) is 28.6 Å². The fourth-order valence-corrected chi connectivity index (χ4v) is 5.34. The van der Waals surface area contributed by atoms with Gasteiger partial charge in [-0.3, -0.25) is 0 Å². The van der Waals surface area contributed by atoms with Crippen molar-refractivity contribution in [1.82, 2.24) is 4.31 Å². The zero-order valence-electron chi connectivity index (χ0n) is 11.5. The van der Waals surface area contributed by atoms with E-state index in [4.69, 9.17) is 0 Å². The van der Waals surface area contributed by atoms with Crippen molar-refractivity contribution in [2.24, 2.45) is 0 Å². The third-order valence-electron chi connectivity index (χ3n) is 3.71. The van der Waals surface area contributed by atoms with Gasteiger partial charge in [-0.15, -0.1) is 6.58 Å². The Hall–Kier alpha value is -0.650. The molecule has 0 heterocycles. The van der Waals surface area contributed by atoms with Crippen LogP contribution in [0.2, 0.25) is 0 Å². The molecular weight excluding hydrogens is 338 g/mol. The SMILES string of the molecule is C=CCN(C1CCCCC1)S(=O)(=O)c1ccccc1Br. The number of halogens is 1. The van der Waals surface area contributed by atoms with Crippen molar-refractivity contribution in [3.05, 3.63) is 41.4 Å². The van der Waals surface area contributed by atoms with Crippen LogP contribution < -0.4 is 0 Å². The van der Waals surface area contributed by atoms with E-state index in [2.05, 4.69) is 22.5 Å². The molecular formula is C15H20BrNO2S. The highest BCUT2D eigenvalue weighted by molar-refractivity contribution is 9.10. The summed E-state index contributed by atoms with van der Waals surface area (Å²) in [4.78, 5) is 0.340. The third kappa shape index (κ3) is 3.32. The maximum atomic E-state index is 12.9. The van der Waals surface area contributed by atoms with Crippen molar-refractivity contribution in [2.75, 3.05) is 6.54 Å². The van der Waals surface area contributed by atoms with Gasteiger partial charge in [0.05, 0.1) is 4.90 Å². The van der Waals surface area contributed by atoms with Gasteiger partial charge in [0.25, 0.3) is 0 Å². The highest BCUT2D eigenvalue weighted by atomic mass is 79.9. The fraction of sp³-hybridized carbons (Fsp3) is 0.467. The van der Waals surface area contributed by atoms with E-state index in [0.29, 0.717) is 15.9 Å². The molecule has 3 nitrogen and oxygen atoms in total. The lowest BCUT2D eigenvalue weighted by atomic mass is 9.95. The predicted molar refractivity (Wildman–Crippen MR) is 85.1 cm³/mol. The summed E-state index contributed by atoms with van der Waals surface area (Å²) >= 11 is 3.34. The van der Waals surface area contributed by atoms with E-state index in [1.165, 1.54) is 6.42 Å². The molecule has 0 aromatic heterocycles. The average molecular weight is 358 g/mol. The molecule has 0 saturated heterocycles. The molecule has 0 bridgehead atoms. The van der Waals surface area contributed by atoms with Crippen LogP contribution in [0.25, 0.3) is 0 Å². The zero-order valence-corrected chi connectivity index (χ0v) is 13.9. The number of hydrogen-bond acceptors (Lipinski definition) is 2. The second kappa shape index (κ2) is 6.87. The predicted octanol–water partition coefficient (Wildman–Crippen LogP) is 3.96. The highest BCUT2D eigenvalue weighted by Crippen LogP contribution is 2.30. The maximum Gasteiger partial charge on any atom is 0.244 e. The van der Waals surface area contributed by atoms with Gasteiger partial charge in [-0.25, -0.2) is 8.42 Å². The first kappa shape index (κ1) is 15.7. The van der Waals surface area contributed by atoms with Crippen molar-refractivity contribution in [1.29, 1.82) is 0 Å².